The van der Waals surface area contributed by atoms with Gasteiger partial charge in [0.05, 0.1) is 17.4 Å². The number of hydrogen-bond donors (Lipinski definition) is 1. The first-order valence-corrected chi connectivity index (χ1v) is 7.65. The van der Waals surface area contributed by atoms with Gasteiger partial charge in [0.2, 0.25) is 0 Å². The highest BCUT2D eigenvalue weighted by atomic mass is 15.3. The molecule has 2 N–H and O–H groups in total. The van der Waals surface area contributed by atoms with E-state index in [0.717, 1.165) is 44.8 Å². The molecule has 0 amide bonds. The molecule has 2 heterocycles. The summed E-state index contributed by atoms with van der Waals surface area (Å²) >= 11 is 0. The highest BCUT2D eigenvalue weighted by Crippen LogP contribution is 2.25. The fourth-order valence-corrected chi connectivity index (χ4v) is 2.93. The van der Waals surface area contributed by atoms with Crippen molar-refractivity contribution >= 4 is 16.6 Å². The summed E-state index contributed by atoms with van der Waals surface area (Å²) in [6.45, 7) is 8.31. The lowest BCUT2D eigenvalue weighted by Crippen LogP contribution is -2.48. The molecule has 1 aromatic heterocycles. The summed E-state index contributed by atoms with van der Waals surface area (Å²) in [5.41, 5.74) is 7.89. The van der Waals surface area contributed by atoms with Crippen molar-refractivity contribution in [2.24, 2.45) is 11.7 Å². The Kier molecular flexibility index (Phi) is 4.31. The van der Waals surface area contributed by atoms with Crippen LogP contribution in [0.15, 0.2) is 30.5 Å². The number of anilines is 1. The van der Waals surface area contributed by atoms with Crippen LogP contribution in [0.4, 0.5) is 5.69 Å². The number of benzene rings is 1. The molecule has 1 fully saturated rings. The summed E-state index contributed by atoms with van der Waals surface area (Å²) in [6, 6.07) is 8.22. The predicted molar refractivity (Wildman–Crippen MR) is 86.4 cm³/mol. The number of nitrogens with zero attached hydrogens (tertiary/aromatic N) is 4. The quantitative estimate of drug-likeness (QED) is 0.919. The fourth-order valence-electron chi connectivity index (χ4n) is 2.93. The first kappa shape index (κ1) is 14.2. The topological polar surface area (TPSA) is 58.3 Å². The largest absolute Gasteiger partial charge is 0.367 e. The molecule has 1 saturated heterocycles. The van der Waals surface area contributed by atoms with Gasteiger partial charge in [-0.3, -0.25) is 4.90 Å². The molecule has 0 radical (unpaired) electrons. The molecule has 5 heteroatoms. The van der Waals surface area contributed by atoms with Gasteiger partial charge in [-0.05, 0) is 18.5 Å². The van der Waals surface area contributed by atoms with E-state index in [1.807, 2.05) is 18.3 Å². The summed E-state index contributed by atoms with van der Waals surface area (Å²) in [5, 5.41) is 9.54. The summed E-state index contributed by atoms with van der Waals surface area (Å²) < 4.78 is 0. The minimum absolute atomic E-state index is 0.569. The average Bonchev–Trinajstić information content (AvgIpc) is 2.55. The van der Waals surface area contributed by atoms with E-state index < -0.39 is 0 Å². The highest BCUT2D eigenvalue weighted by Gasteiger charge is 2.20. The number of hydrogen-bond acceptors (Lipinski definition) is 5. The van der Waals surface area contributed by atoms with Gasteiger partial charge >= 0.3 is 0 Å². The highest BCUT2D eigenvalue weighted by molar-refractivity contribution is 5.90. The van der Waals surface area contributed by atoms with Crippen LogP contribution in [0, 0.1) is 5.92 Å². The third-order valence-electron chi connectivity index (χ3n) is 4.21. The summed E-state index contributed by atoms with van der Waals surface area (Å²) in [4.78, 5) is 4.92. The fraction of sp³-hybridized carbons (Fsp3) is 0.500. The molecule has 0 saturated carbocycles. The molecule has 1 aliphatic rings. The monoisotopic (exact) mass is 285 g/mol. The van der Waals surface area contributed by atoms with Crippen LogP contribution in [-0.4, -0.2) is 54.4 Å². The second kappa shape index (κ2) is 6.37. The van der Waals surface area contributed by atoms with Crippen molar-refractivity contribution in [3.05, 3.63) is 30.5 Å². The predicted octanol–water partition coefficient (Wildman–Crippen LogP) is 1.35. The third kappa shape index (κ3) is 3.14. The molecule has 112 valence electrons. The number of rotatable bonds is 4. The Morgan fingerprint density at radius 1 is 1.19 bits per heavy atom. The van der Waals surface area contributed by atoms with Gasteiger partial charge in [-0.15, -0.1) is 0 Å². The normalized spacial score (nSPS) is 18.1. The van der Waals surface area contributed by atoms with Crippen LogP contribution in [0.1, 0.15) is 6.92 Å². The molecule has 0 aliphatic carbocycles. The van der Waals surface area contributed by atoms with Crippen molar-refractivity contribution in [2.75, 3.05) is 44.2 Å². The maximum Gasteiger partial charge on any atom is 0.0950 e. The minimum Gasteiger partial charge on any atom is -0.367 e. The maximum absolute atomic E-state index is 5.72. The van der Waals surface area contributed by atoms with Gasteiger partial charge in [0.1, 0.15) is 0 Å². The number of fused-ring (bicyclic) bond motifs is 1. The van der Waals surface area contributed by atoms with E-state index in [1.165, 1.54) is 11.1 Å². The molecular formula is C16H23N5. The van der Waals surface area contributed by atoms with E-state index in [2.05, 4.69) is 39.1 Å². The number of piperazine rings is 1. The molecule has 2 aromatic rings. The molecule has 1 aromatic carbocycles. The van der Waals surface area contributed by atoms with Gasteiger partial charge in [-0.25, -0.2) is 0 Å². The number of nitrogens with two attached hydrogens (primary N) is 1. The van der Waals surface area contributed by atoms with Crippen LogP contribution < -0.4 is 10.6 Å². The molecule has 5 nitrogen and oxygen atoms in total. The standard InChI is InChI=1S/C16H23N5/c1-13(10-17)12-20-6-8-21(9-7-20)16-11-18-19-15-5-3-2-4-14(15)16/h2-5,11,13H,6-10,12,17H2,1H3. The zero-order valence-electron chi connectivity index (χ0n) is 12.6. The van der Waals surface area contributed by atoms with E-state index >= 15 is 0 Å². The Morgan fingerprint density at radius 3 is 2.71 bits per heavy atom. The summed E-state index contributed by atoms with van der Waals surface area (Å²) in [7, 11) is 0. The molecule has 0 bridgehead atoms. The zero-order chi connectivity index (χ0) is 14.7. The first-order chi connectivity index (χ1) is 10.3. The Hall–Kier alpha value is -1.72. The molecule has 1 atom stereocenters. The van der Waals surface area contributed by atoms with Crippen molar-refractivity contribution in [3.8, 4) is 0 Å². The van der Waals surface area contributed by atoms with Gasteiger partial charge in [-0.2, -0.15) is 10.2 Å². The van der Waals surface area contributed by atoms with Gasteiger partial charge in [0, 0.05) is 38.1 Å². The van der Waals surface area contributed by atoms with Crippen molar-refractivity contribution < 1.29 is 0 Å². The van der Waals surface area contributed by atoms with Crippen LogP contribution in [0.2, 0.25) is 0 Å². The second-order valence-electron chi connectivity index (χ2n) is 5.88. The van der Waals surface area contributed by atoms with Crippen LogP contribution in [0.25, 0.3) is 10.9 Å². The Balaban J connectivity index is 1.71. The molecule has 21 heavy (non-hydrogen) atoms. The lowest BCUT2D eigenvalue weighted by molar-refractivity contribution is 0.227. The van der Waals surface area contributed by atoms with Crippen LogP contribution in [0.5, 0.6) is 0 Å². The average molecular weight is 285 g/mol. The molecule has 0 spiro atoms. The van der Waals surface area contributed by atoms with Gasteiger partial charge < -0.3 is 10.6 Å². The first-order valence-electron chi connectivity index (χ1n) is 7.65. The van der Waals surface area contributed by atoms with E-state index in [4.69, 9.17) is 5.73 Å². The Bertz CT molecular complexity index is 587. The van der Waals surface area contributed by atoms with Crippen LogP contribution in [-0.2, 0) is 0 Å². The second-order valence-corrected chi connectivity index (χ2v) is 5.88. The van der Waals surface area contributed by atoms with E-state index in [0.29, 0.717) is 5.92 Å². The Morgan fingerprint density at radius 2 is 1.95 bits per heavy atom. The minimum atomic E-state index is 0.569. The van der Waals surface area contributed by atoms with Crippen molar-refractivity contribution in [3.63, 3.8) is 0 Å². The smallest absolute Gasteiger partial charge is 0.0950 e. The summed E-state index contributed by atoms with van der Waals surface area (Å²) in [5.74, 6) is 0.569. The number of aromatic nitrogens is 2. The molecular weight excluding hydrogens is 262 g/mol. The Labute approximate surface area is 125 Å². The lowest BCUT2D eigenvalue weighted by Gasteiger charge is -2.37. The third-order valence-corrected chi connectivity index (χ3v) is 4.21. The van der Waals surface area contributed by atoms with E-state index in [1.54, 1.807) is 0 Å². The van der Waals surface area contributed by atoms with Crippen molar-refractivity contribution in [1.82, 2.24) is 15.1 Å². The SMILES string of the molecule is CC(CN)CN1CCN(c2cnnc3ccccc23)CC1. The molecule has 1 aliphatic heterocycles. The van der Waals surface area contributed by atoms with Gasteiger partial charge in [-0.1, -0.05) is 25.1 Å². The van der Waals surface area contributed by atoms with Crippen LogP contribution >= 0.6 is 0 Å². The molecule has 3 rings (SSSR count). The van der Waals surface area contributed by atoms with E-state index in [9.17, 15) is 0 Å². The maximum atomic E-state index is 5.72. The van der Waals surface area contributed by atoms with Crippen molar-refractivity contribution in [1.29, 1.82) is 0 Å². The lowest BCUT2D eigenvalue weighted by atomic mass is 10.1. The van der Waals surface area contributed by atoms with Gasteiger partial charge in [0.25, 0.3) is 0 Å². The zero-order valence-corrected chi connectivity index (χ0v) is 12.6. The van der Waals surface area contributed by atoms with Crippen molar-refractivity contribution in [2.45, 2.75) is 6.92 Å². The van der Waals surface area contributed by atoms with Crippen LogP contribution in [0.3, 0.4) is 0 Å². The van der Waals surface area contributed by atoms with E-state index in [-0.39, 0.29) is 0 Å². The van der Waals surface area contributed by atoms with Gasteiger partial charge in [0.15, 0.2) is 0 Å². The summed E-state index contributed by atoms with van der Waals surface area (Å²) in [6.07, 6.45) is 1.89. The molecule has 1 unspecified atom stereocenters.